The number of carboxylic acids is 1. The highest BCUT2D eigenvalue weighted by Gasteiger charge is 2.40. The fourth-order valence-corrected chi connectivity index (χ4v) is 4.44. The number of urea groups is 1. The van der Waals surface area contributed by atoms with Gasteiger partial charge in [0, 0.05) is 19.6 Å². The number of carboxylic acid groups (broad SMARTS) is 1. The third kappa shape index (κ3) is 5.36. The average molecular weight is 526 g/mol. The molecule has 1 saturated heterocycles. The molecule has 6 N–H and O–H groups in total. The van der Waals surface area contributed by atoms with Gasteiger partial charge in [-0.1, -0.05) is 24.3 Å². The van der Waals surface area contributed by atoms with E-state index < -0.39 is 49.1 Å². The molecule has 3 atom stereocenters. The number of likely N-dealkylation sites (N-methyl/N-ethyl adjacent to an activating group) is 1. The van der Waals surface area contributed by atoms with Crippen molar-refractivity contribution in [3.8, 4) is 11.5 Å². The van der Waals surface area contributed by atoms with E-state index in [2.05, 4.69) is 10.6 Å². The van der Waals surface area contributed by atoms with Crippen LogP contribution < -0.4 is 15.3 Å². The Morgan fingerprint density at radius 2 is 1.87 bits per heavy atom. The lowest BCUT2D eigenvalue weighted by molar-refractivity contribution is -0.153. The molecule has 0 radical (unpaired) electrons. The zero-order chi connectivity index (χ0) is 27.6. The van der Waals surface area contributed by atoms with Crippen molar-refractivity contribution in [3.05, 3.63) is 59.2 Å². The number of carbonyl (C=O) groups excluding carboxylic acids is 3. The summed E-state index contributed by atoms with van der Waals surface area (Å²) in [4.78, 5) is 52.6. The van der Waals surface area contributed by atoms with E-state index in [0.29, 0.717) is 12.1 Å². The van der Waals surface area contributed by atoms with Crippen LogP contribution in [0.1, 0.15) is 34.5 Å². The van der Waals surface area contributed by atoms with E-state index in [0.717, 1.165) is 4.90 Å². The third-order valence-electron chi connectivity index (χ3n) is 6.51. The number of para-hydroxylation sites is 1. The van der Waals surface area contributed by atoms with Crippen molar-refractivity contribution in [1.29, 1.82) is 0 Å². The smallest absolute Gasteiger partial charge is 0.534 e. The number of amides is 4. The maximum absolute atomic E-state index is 13.4. The molecule has 0 bridgehead atoms. The zero-order valence-corrected chi connectivity index (χ0v) is 20.4. The zero-order valence-electron chi connectivity index (χ0n) is 20.4. The van der Waals surface area contributed by atoms with Gasteiger partial charge in [0.25, 0.3) is 5.91 Å². The van der Waals surface area contributed by atoms with Crippen LogP contribution in [0.25, 0.3) is 0 Å². The molecular weight excluding hydrogens is 499 g/mol. The monoisotopic (exact) mass is 526 g/mol. The maximum Gasteiger partial charge on any atom is 0.547 e. The molecule has 4 rings (SSSR count). The van der Waals surface area contributed by atoms with Crippen molar-refractivity contribution in [2.45, 2.75) is 31.6 Å². The molecule has 14 heteroatoms. The van der Waals surface area contributed by atoms with E-state index in [9.17, 15) is 39.5 Å². The minimum atomic E-state index is -1.72. The van der Waals surface area contributed by atoms with Gasteiger partial charge in [-0.2, -0.15) is 0 Å². The first-order valence-electron chi connectivity index (χ1n) is 11.9. The molecule has 0 saturated carbocycles. The molecule has 2 aliphatic heterocycles. The topological polar surface area (TPSA) is 189 Å². The van der Waals surface area contributed by atoms with Gasteiger partial charge >= 0.3 is 19.1 Å². The van der Waals surface area contributed by atoms with Gasteiger partial charge in [0.1, 0.15) is 17.5 Å². The molecule has 1 fully saturated rings. The van der Waals surface area contributed by atoms with Crippen molar-refractivity contribution in [2.75, 3.05) is 19.6 Å². The molecule has 0 aromatic heterocycles. The van der Waals surface area contributed by atoms with E-state index in [1.54, 1.807) is 13.0 Å². The molecule has 2 aromatic carbocycles. The summed E-state index contributed by atoms with van der Waals surface area (Å²) in [5.74, 6) is -3.67. The molecule has 4 amide bonds. The minimum absolute atomic E-state index is 0.00580. The van der Waals surface area contributed by atoms with Gasteiger partial charge < -0.3 is 40.5 Å². The lowest BCUT2D eigenvalue weighted by Gasteiger charge is -2.38. The Morgan fingerprint density at radius 1 is 1.16 bits per heavy atom. The first-order valence-corrected chi connectivity index (χ1v) is 11.9. The van der Waals surface area contributed by atoms with Crippen LogP contribution in [0.3, 0.4) is 0 Å². The van der Waals surface area contributed by atoms with E-state index >= 15 is 0 Å². The Morgan fingerprint density at radius 3 is 2.53 bits per heavy atom. The molecule has 2 unspecified atom stereocenters. The maximum atomic E-state index is 13.4. The van der Waals surface area contributed by atoms with E-state index in [1.165, 1.54) is 41.3 Å². The van der Waals surface area contributed by atoms with Gasteiger partial charge in [0.15, 0.2) is 0 Å². The number of carbonyl (C=O) groups is 4. The third-order valence-corrected chi connectivity index (χ3v) is 6.51. The second-order valence-corrected chi connectivity index (χ2v) is 8.89. The minimum Gasteiger partial charge on any atom is -0.534 e. The van der Waals surface area contributed by atoms with Crippen molar-refractivity contribution < 1.29 is 44.2 Å². The Balaban J connectivity index is 1.54. The number of aliphatic hydroxyl groups excluding tert-OH is 1. The largest absolute Gasteiger partial charge is 0.547 e. The fourth-order valence-electron chi connectivity index (χ4n) is 4.44. The van der Waals surface area contributed by atoms with Crippen molar-refractivity contribution in [3.63, 3.8) is 0 Å². The number of hydrogen-bond donors (Lipinski definition) is 6. The number of rotatable bonds is 6. The van der Waals surface area contributed by atoms with Crippen LogP contribution in [0, 0.1) is 0 Å². The van der Waals surface area contributed by atoms with Gasteiger partial charge in [-0.15, -0.1) is 0 Å². The number of aliphatic hydroxyl groups is 1. The number of aromatic hydroxyl groups is 1. The predicted molar refractivity (Wildman–Crippen MR) is 132 cm³/mol. The molecule has 38 heavy (non-hydrogen) atoms. The number of phenolic OH excluding ortho intramolecular Hbond substituents is 1. The second-order valence-electron chi connectivity index (χ2n) is 8.89. The van der Waals surface area contributed by atoms with Gasteiger partial charge in [0.05, 0.1) is 11.5 Å². The van der Waals surface area contributed by atoms with E-state index in [1.807, 2.05) is 0 Å². The summed E-state index contributed by atoms with van der Waals surface area (Å²) in [5, 5.41) is 45.1. The summed E-state index contributed by atoms with van der Waals surface area (Å²) >= 11 is 0. The van der Waals surface area contributed by atoms with Gasteiger partial charge in [-0.25, -0.2) is 9.59 Å². The fraction of sp³-hybridized carbons (Fsp3) is 0.333. The summed E-state index contributed by atoms with van der Waals surface area (Å²) in [6.45, 7) is 2.36. The number of phenols is 1. The number of nitrogens with one attached hydrogen (secondary N) is 2. The van der Waals surface area contributed by atoms with Gasteiger partial charge in [-0.05, 0) is 42.7 Å². The predicted octanol–water partition coefficient (Wildman–Crippen LogP) is -0.537. The van der Waals surface area contributed by atoms with Crippen molar-refractivity contribution in [1.82, 2.24) is 20.4 Å². The molecule has 2 heterocycles. The van der Waals surface area contributed by atoms with Crippen molar-refractivity contribution >= 4 is 30.9 Å². The average Bonchev–Trinajstić information content (AvgIpc) is 2.89. The Hall–Kier alpha value is -4.30. The molecular formula is C24H27BN4O9. The summed E-state index contributed by atoms with van der Waals surface area (Å²) < 4.78 is 5.42. The van der Waals surface area contributed by atoms with Crippen LogP contribution in [0.4, 0.5) is 4.79 Å². The number of nitrogens with zero attached hydrogens (tertiary/aromatic N) is 2. The van der Waals surface area contributed by atoms with Crippen LogP contribution >= 0.6 is 0 Å². The van der Waals surface area contributed by atoms with Crippen LogP contribution in [-0.2, 0) is 16.0 Å². The lowest BCUT2D eigenvalue weighted by Crippen LogP contribution is -2.61. The summed E-state index contributed by atoms with van der Waals surface area (Å²) in [6, 6.07) is 7.73. The second kappa shape index (κ2) is 11.0. The van der Waals surface area contributed by atoms with Crippen LogP contribution in [0.15, 0.2) is 42.5 Å². The number of hydrogen-bond acceptors (Lipinski definition) is 8. The SMILES string of the molecule is CCN1CCN(C(=O)NC(C(=O)N[C@H]2Cc3cccc(C(=O)O)c3OB2O)c2ccc(O)cc2)C(O)C1=O. The molecule has 13 nitrogen and oxygen atoms in total. The van der Waals surface area contributed by atoms with E-state index in [-0.39, 0.29) is 42.1 Å². The normalized spacial score (nSPS) is 19.8. The standard InChI is InChI=1S/C24H27BN4O9/c1-2-28-10-11-29(22(33)21(28)32)24(36)27-18(13-6-8-15(30)9-7-13)20(31)26-17-12-14-4-3-5-16(23(34)35)19(14)38-25(17)37/h3-9,17-18,22,30,33,37H,2,10-12H2,1H3,(H,26,31)(H,27,36)(H,34,35)/t17-,18?,22?/m0/s1. The molecule has 2 aromatic rings. The van der Waals surface area contributed by atoms with E-state index in [4.69, 9.17) is 4.65 Å². The van der Waals surface area contributed by atoms with Gasteiger partial charge in [-0.3, -0.25) is 14.5 Å². The lowest BCUT2D eigenvalue weighted by atomic mass is 9.72. The summed E-state index contributed by atoms with van der Waals surface area (Å²) in [7, 11) is -1.58. The first-order chi connectivity index (χ1) is 18.1. The quantitative estimate of drug-likeness (QED) is 0.269. The number of aromatic carboxylic acids is 1. The number of piperazine rings is 1. The highest BCUT2D eigenvalue weighted by Crippen LogP contribution is 2.30. The molecule has 0 aliphatic carbocycles. The van der Waals surface area contributed by atoms with Crippen LogP contribution in [-0.4, -0.2) is 92.9 Å². The van der Waals surface area contributed by atoms with Crippen molar-refractivity contribution in [2.24, 2.45) is 0 Å². The van der Waals surface area contributed by atoms with Crippen LogP contribution in [0.2, 0.25) is 0 Å². The Kier molecular flexibility index (Phi) is 7.74. The summed E-state index contributed by atoms with van der Waals surface area (Å²) in [5.41, 5.74) is 0.611. The number of benzene rings is 2. The number of fused-ring (bicyclic) bond motifs is 1. The highest BCUT2D eigenvalue weighted by atomic mass is 16.5. The van der Waals surface area contributed by atoms with Crippen LogP contribution in [0.5, 0.6) is 11.5 Å². The molecule has 200 valence electrons. The van der Waals surface area contributed by atoms with Gasteiger partial charge in [0.2, 0.25) is 12.1 Å². The summed E-state index contributed by atoms with van der Waals surface area (Å²) in [6.07, 6.45) is -1.67. The molecule has 0 spiro atoms. The highest BCUT2D eigenvalue weighted by molar-refractivity contribution is 6.47. The molecule has 2 aliphatic rings. The Bertz CT molecular complexity index is 1240. The first kappa shape index (κ1) is 26.8. The Labute approximate surface area is 217 Å².